The van der Waals surface area contributed by atoms with E-state index in [1.807, 2.05) is 6.07 Å². The minimum Gasteiger partial charge on any atom is -0.493 e. The summed E-state index contributed by atoms with van der Waals surface area (Å²) in [6.45, 7) is 0.832. The summed E-state index contributed by atoms with van der Waals surface area (Å²) in [7, 11) is 3.36. The van der Waals surface area contributed by atoms with E-state index in [1.54, 1.807) is 14.2 Å². The van der Waals surface area contributed by atoms with Crippen molar-refractivity contribution in [3.8, 4) is 11.5 Å². The summed E-state index contributed by atoms with van der Waals surface area (Å²) >= 11 is 0. The molecule has 0 aliphatic heterocycles. The second kappa shape index (κ2) is 6.10. The van der Waals surface area contributed by atoms with Crippen LogP contribution in [0.2, 0.25) is 0 Å². The van der Waals surface area contributed by atoms with Crippen LogP contribution >= 0.6 is 0 Å². The standard InChI is InChI=1S/C15H23NO2/c1-17-14-8-7-13(9-15(14)18-2)12-5-3-11(10-16)4-6-12/h7-9,11-12H,3-6,10,16H2,1-2H3. The van der Waals surface area contributed by atoms with Crippen LogP contribution in [0.15, 0.2) is 18.2 Å². The lowest BCUT2D eigenvalue weighted by molar-refractivity contribution is 0.329. The minimum atomic E-state index is 0.646. The highest BCUT2D eigenvalue weighted by Gasteiger charge is 2.22. The molecular weight excluding hydrogens is 226 g/mol. The Kier molecular flexibility index (Phi) is 4.48. The van der Waals surface area contributed by atoms with Gasteiger partial charge in [0.15, 0.2) is 11.5 Å². The van der Waals surface area contributed by atoms with E-state index in [2.05, 4.69) is 12.1 Å². The third kappa shape index (κ3) is 2.78. The Bertz CT molecular complexity index is 384. The summed E-state index contributed by atoms with van der Waals surface area (Å²) < 4.78 is 10.6. The van der Waals surface area contributed by atoms with Gasteiger partial charge in [-0.2, -0.15) is 0 Å². The molecule has 1 aliphatic carbocycles. The zero-order chi connectivity index (χ0) is 13.0. The van der Waals surface area contributed by atoms with Gasteiger partial charge in [-0.3, -0.25) is 0 Å². The van der Waals surface area contributed by atoms with E-state index in [4.69, 9.17) is 15.2 Å². The molecule has 0 atom stereocenters. The molecule has 1 saturated carbocycles. The molecule has 0 amide bonds. The Morgan fingerprint density at radius 2 is 1.72 bits per heavy atom. The average molecular weight is 249 g/mol. The van der Waals surface area contributed by atoms with Gasteiger partial charge in [-0.05, 0) is 61.8 Å². The van der Waals surface area contributed by atoms with Crippen LogP contribution in [0, 0.1) is 5.92 Å². The lowest BCUT2D eigenvalue weighted by atomic mass is 9.79. The number of hydrogen-bond donors (Lipinski definition) is 1. The van der Waals surface area contributed by atoms with Crippen molar-refractivity contribution in [2.24, 2.45) is 11.7 Å². The molecule has 1 aromatic carbocycles. The predicted molar refractivity (Wildman–Crippen MR) is 73.3 cm³/mol. The fourth-order valence-corrected chi connectivity index (χ4v) is 2.84. The zero-order valence-corrected chi connectivity index (χ0v) is 11.3. The average Bonchev–Trinajstić information content (AvgIpc) is 2.46. The van der Waals surface area contributed by atoms with E-state index >= 15 is 0 Å². The lowest BCUT2D eigenvalue weighted by Crippen LogP contribution is -2.20. The summed E-state index contributed by atoms with van der Waals surface area (Å²) in [5.41, 5.74) is 7.10. The highest BCUT2D eigenvalue weighted by molar-refractivity contribution is 5.44. The molecule has 3 heteroatoms. The van der Waals surface area contributed by atoms with E-state index in [-0.39, 0.29) is 0 Å². The van der Waals surface area contributed by atoms with E-state index in [1.165, 1.54) is 31.2 Å². The summed E-state index contributed by atoms with van der Waals surface area (Å²) in [6.07, 6.45) is 4.96. The second-order valence-corrected chi connectivity index (χ2v) is 5.07. The third-order valence-electron chi connectivity index (χ3n) is 4.06. The first kappa shape index (κ1) is 13.2. The molecule has 2 rings (SSSR count). The van der Waals surface area contributed by atoms with Gasteiger partial charge in [-0.25, -0.2) is 0 Å². The predicted octanol–water partition coefficient (Wildman–Crippen LogP) is 2.94. The van der Waals surface area contributed by atoms with Crippen LogP contribution in [0.5, 0.6) is 11.5 Å². The summed E-state index contributed by atoms with van der Waals surface area (Å²) in [5.74, 6) is 3.00. The lowest BCUT2D eigenvalue weighted by Gasteiger charge is -2.28. The normalized spacial score (nSPS) is 23.7. The zero-order valence-electron chi connectivity index (χ0n) is 11.3. The minimum absolute atomic E-state index is 0.646. The van der Waals surface area contributed by atoms with Gasteiger partial charge in [0.1, 0.15) is 0 Å². The van der Waals surface area contributed by atoms with Crippen molar-refractivity contribution in [1.82, 2.24) is 0 Å². The first-order chi connectivity index (χ1) is 8.78. The van der Waals surface area contributed by atoms with Crippen molar-refractivity contribution < 1.29 is 9.47 Å². The third-order valence-corrected chi connectivity index (χ3v) is 4.06. The summed E-state index contributed by atoms with van der Waals surface area (Å²) in [4.78, 5) is 0. The Balaban J connectivity index is 2.09. The monoisotopic (exact) mass is 249 g/mol. The maximum atomic E-state index is 5.73. The topological polar surface area (TPSA) is 44.5 Å². The van der Waals surface area contributed by atoms with Crippen LogP contribution in [0.1, 0.15) is 37.2 Å². The molecule has 0 spiro atoms. The quantitative estimate of drug-likeness (QED) is 0.892. The molecule has 1 aliphatic rings. The maximum absolute atomic E-state index is 5.73. The molecule has 1 aromatic rings. The van der Waals surface area contributed by atoms with Crippen molar-refractivity contribution in [3.63, 3.8) is 0 Å². The molecule has 2 N–H and O–H groups in total. The van der Waals surface area contributed by atoms with Crippen LogP contribution < -0.4 is 15.2 Å². The molecule has 0 radical (unpaired) electrons. The van der Waals surface area contributed by atoms with E-state index in [0.29, 0.717) is 5.92 Å². The van der Waals surface area contributed by atoms with Crippen LogP contribution in [-0.2, 0) is 0 Å². The van der Waals surface area contributed by atoms with Crippen molar-refractivity contribution in [3.05, 3.63) is 23.8 Å². The first-order valence-electron chi connectivity index (χ1n) is 6.70. The Hall–Kier alpha value is -1.22. The number of nitrogens with two attached hydrogens (primary N) is 1. The van der Waals surface area contributed by atoms with Gasteiger partial charge in [0, 0.05) is 0 Å². The smallest absolute Gasteiger partial charge is 0.160 e. The van der Waals surface area contributed by atoms with Gasteiger partial charge in [0.2, 0.25) is 0 Å². The Morgan fingerprint density at radius 3 is 2.28 bits per heavy atom. The molecule has 100 valence electrons. The number of methoxy groups -OCH3 is 2. The first-order valence-corrected chi connectivity index (χ1v) is 6.70. The van der Waals surface area contributed by atoms with Crippen LogP contribution in [0.3, 0.4) is 0 Å². The number of hydrogen-bond acceptors (Lipinski definition) is 3. The Labute approximate surface area is 109 Å². The molecular formula is C15H23NO2. The highest BCUT2D eigenvalue weighted by atomic mass is 16.5. The SMILES string of the molecule is COc1ccc(C2CCC(CN)CC2)cc1OC. The largest absolute Gasteiger partial charge is 0.493 e. The number of benzene rings is 1. The van der Waals surface area contributed by atoms with Crippen molar-refractivity contribution in [2.75, 3.05) is 20.8 Å². The molecule has 1 fully saturated rings. The number of rotatable bonds is 4. The van der Waals surface area contributed by atoms with Gasteiger partial charge in [-0.15, -0.1) is 0 Å². The van der Waals surface area contributed by atoms with Gasteiger partial charge >= 0.3 is 0 Å². The van der Waals surface area contributed by atoms with Gasteiger partial charge in [-0.1, -0.05) is 6.07 Å². The van der Waals surface area contributed by atoms with Gasteiger partial charge in [0.05, 0.1) is 14.2 Å². The highest BCUT2D eigenvalue weighted by Crippen LogP contribution is 2.38. The molecule has 0 aromatic heterocycles. The van der Waals surface area contributed by atoms with Crippen molar-refractivity contribution in [1.29, 1.82) is 0 Å². The molecule has 0 bridgehead atoms. The molecule has 3 nitrogen and oxygen atoms in total. The Morgan fingerprint density at radius 1 is 1.06 bits per heavy atom. The number of ether oxygens (including phenoxy) is 2. The molecule has 0 saturated heterocycles. The van der Waals surface area contributed by atoms with E-state index < -0.39 is 0 Å². The van der Waals surface area contributed by atoms with Crippen LogP contribution in [0.25, 0.3) is 0 Å². The van der Waals surface area contributed by atoms with E-state index in [0.717, 1.165) is 24.0 Å². The van der Waals surface area contributed by atoms with Crippen molar-refractivity contribution in [2.45, 2.75) is 31.6 Å². The fourth-order valence-electron chi connectivity index (χ4n) is 2.84. The van der Waals surface area contributed by atoms with Gasteiger partial charge < -0.3 is 15.2 Å². The van der Waals surface area contributed by atoms with Crippen LogP contribution in [-0.4, -0.2) is 20.8 Å². The fraction of sp³-hybridized carbons (Fsp3) is 0.600. The second-order valence-electron chi connectivity index (χ2n) is 5.07. The maximum Gasteiger partial charge on any atom is 0.160 e. The molecule has 18 heavy (non-hydrogen) atoms. The van der Waals surface area contributed by atoms with E-state index in [9.17, 15) is 0 Å². The van der Waals surface area contributed by atoms with Crippen molar-refractivity contribution >= 4 is 0 Å². The van der Waals surface area contributed by atoms with Crippen LogP contribution in [0.4, 0.5) is 0 Å². The molecule has 0 unspecified atom stereocenters. The summed E-state index contributed by atoms with van der Waals surface area (Å²) in [5, 5.41) is 0. The summed E-state index contributed by atoms with van der Waals surface area (Å²) in [6, 6.07) is 6.28. The molecule has 0 heterocycles. The van der Waals surface area contributed by atoms with Gasteiger partial charge in [0.25, 0.3) is 0 Å².